The van der Waals surface area contributed by atoms with E-state index < -0.39 is 11.6 Å². The topological polar surface area (TPSA) is 22.1 Å². The Balaban J connectivity index is 1.63. The highest BCUT2D eigenvalue weighted by Gasteiger charge is 2.15. The first-order chi connectivity index (χ1) is 19.2. The van der Waals surface area contributed by atoms with Crippen molar-refractivity contribution in [2.45, 2.75) is 149 Å². The summed E-state index contributed by atoms with van der Waals surface area (Å²) in [6.45, 7) is 5.16. The molecule has 0 saturated heterocycles. The number of hydrogen-bond donors (Lipinski definition) is 0. The number of halogens is 2. The van der Waals surface area contributed by atoms with Crippen LogP contribution in [-0.2, 0) is 6.42 Å². The molecule has 0 aliphatic carbocycles. The Bertz CT molecular complexity index is 868. The molecule has 1 heterocycles. The summed E-state index contributed by atoms with van der Waals surface area (Å²) in [6, 6.07) is 6.90. The van der Waals surface area contributed by atoms with E-state index in [1.165, 1.54) is 109 Å². The van der Waals surface area contributed by atoms with E-state index in [9.17, 15) is 8.78 Å². The molecule has 2 rings (SSSR count). The van der Waals surface area contributed by atoms with Gasteiger partial charge in [-0.3, -0.25) is 4.98 Å². The van der Waals surface area contributed by atoms with Gasteiger partial charge in [-0.25, -0.2) is 8.78 Å². The maximum Gasteiger partial charge on any atom is 0.168 e. The summed E-state index contributed by atoms with van der Waals surface area (Å²) in [7, 11) is 0. The molecule has 4 heteroatoms. The summed E-state index contributed by atoms with van der Waals surface area (Å²) in [4.78, 5) is 4.35. The molecular formula is C35H55F2NO. The van der Waals surface area contributed by atoms with Crippen LogP contribution in [0.4, 0.5) is 8.78 Å². The third-order valence-corrected chi connectivity index (χ3v) is 7.74. The average Bonchev–Trinajstić information content (AvgIpc) is 2.95. The van der Waals surface area contributed by atoms with E-state index >= 15 is 0 Å². The SMILES string of the molecule is CCCCCCCCCCCCOc1ccc(-c2ccc(CCCCCCCCCCCC)c(F)c2F)nc1. The second kappa shape index (κ2) is 21.8. The number of hydrogen-bond acceptors (Lipinski definition) is 2. The number of aromatic nitrogens is 1. The molecular weight excluding hydrogens is 488 g/mol. The zero-order valence-corrected chi connectivity index (χ0v) is 25.1. The molecule has 0 amide bonds. The van der Waals surface area contributed by atoms with Crippen LogP contribution in [0.1, 0.15) is 148 Å². The van der Waals surface area contributed by atoms with Gasteiger partial charge in [0.1, 0.15) is 5.75 Å². The van der Waals surface area contributed by atoms with Crippen LogP contribution in [0.2, 0.25) is 0 Å². The summed E-state index contributed by atoms with van der Waals surface area (Å²) < 4.78 is 35.4. The van der Waals surface area contributed by atoms with E-state index in [0.29, 0.717) is 30.0 Å². The summed E-state index contributed by atoms with van der Waals surface area (Å²) in [5.74, 6) is -0.856. The van der Waals surface area contributed by atoms with Crippen LogP contribution in [0, 0.1) is 11.6 Å². The molecule has 0 saturated carbocycles. The molecule has 0 bridgehead atoms. The molecule has 0 N–H and O–H groups in total. The molecule has 0 aliphatic rings. The molecule has 2 aromatic rings. The Labute approximate surface area is 238 Å². The Morgan fingerprint density at radius 3 is 1.59 bits per heavy atom. The summed E-state index contributed by atoms with van der Waals surface area (Å²) in [5.41, 5.74) is 1.11. The second-order valence-corrected chi connectivity index (χ2v) is 11.2. The van der Waals surface area contributed by atoms with Crippen LogP contribution >= 0.6 is 0 Å². The van der Waals surface area contributed by atoms with Crippen molar-refractivity contribution >= 4 is 0 Å². The van der Waals surface area contributed by atoms with Crippen LogP contribution in [0.3, 0.4) is 0 Å². The van der Waals surface area contributed by atoms with Crippen LogP contribution in [0.5, 0.6) is 5.75 Å². The zero-order valence-electron chi connectivity index (χ0n) is 25.1. The number of ether oxygens (including phenoxy) is 1. The van der Waals surface area contributed by atoms with Gasteiger partial charge in [-0.2, -0.15) is 0 Å². The van der Waals surface area contributed by atoms with Crippen molar-refractivity contribution < 1.29 is 13.5 Å². The van der Waals surface area contributed by atoms with Crippen molar-refractivity contribution in [3.63, 3.8) is 0 Å². The minimum absolute atomic E-state index is 0.209. The van der Waals surface area contributed by atoms with E-state index in [2.05, 4.69) is 18.8 Å². The average molecular weight is 544 g/mol. The van der Waals surface area contributed by atoms with Crippen molar-refractivity contribution in [1.29, 1.82) is 0 Å². The largest absolute Gasteiger partial charge is 0.492 e. The number of unbranched alkanes of at least 4 members (excludes halogenated alkanes) is 18. The van der Waals surface area contributed by atoms with Crippen LogP contribution in [0.25, 0.3) is 11.3 Å². The maximum atomic E-state index is 14.9. The first-order valence-electron chi connectivity index (χ1n) is 16.2. The smallest absolute Gasteiger partial charge is 0.168 e. The molecule has 2 nitrogen and oxygen atoms in total. The van der Waals surface area contributed by atoms with Gasteiger partial charge in [0.25, 0.3) is 0 Å². The highest BCUT2D eigenvalue weighted by Crippen LogP contribution is 2.27. The third kappa shape index (κ3) is 14.3. The normalized spacial score (nSPS) is 11.3. The van der Waals surface area contributed by atoms with E-state index in [0.717, 1.165) is 19.3 Å². The number of pyridine rings is 1. The van der Waals surface area contributed by atoms with Crippen molar-refractivity contribution in [2.75, 3.05) is 6.61 Å². The fraction of sp³-hybridized carbons (Fsp3) is 0.686. The molecule has 0 radical (unpaired) electrons. The zero-order chi connectivity index (χ0) is 28.0. The van der Waals surface area contributed by atoms with Gasteiger partial charge in [0.05, 0.1) is 18.5 Å². The van der Waals surface area contributed by atoms with Crippen molar-refractivity contribution in [2.24, 2.45) is 0 Å². The molecule has 0 unspecified atom stereocenters. The molecule has 0 spiro atoms. The number of aryl methyl sites for hydroxylation is 1. The molecule has 1 aromatic carbocycles. The lowest BCUT2D eigenvalue weighted by atomic mass is 10.0. The van der Waals surface area contributed by atoms with Gasteiger partial charge in [-0.05, 0) is 43.0 Å². The third-order valence-electron chi connectivity index (χ3n) is 7.74. The molecule has 39 heavy (non-hydrogen) atoms. The summed E-state index contributed by atoms with van der Waals surface area (Å²) in [5, 5.41) is 0. The highest BCUT2D eigenvalue weighted by molar-refractivity contribution is 5.61. The minimum atomic E-state index is -0.800. The fourth-order valence-corrected chi connectivity index (χ4v) is 5.19. The van der Waals surface area contributed by atoms with Gasteiger partial charge in [0.2, 0.25) is 0 Å². The lowest BCUT2D eigenvalue weighted by Crippen LogP contribution is -2.00. The van der Waals surface area contributed by atoms with Crippen molar-refractivity contribution in [3.05, 3.63) is 47.7 Å². The first kappa shape index (κ1) is 33.2. The van der Waals surface area contributed by atoms with Crippen LogP contribution in [0.15, 0.2) is 30.5 Å². The monoisotopic (exact) mass is 543 g/mol. The standard InChI is InChI=1S/C35H55F2NO/c1-3-5-7-9-11-13-15-17-19-21-23-30-24-26-32(35(37)34(30)36)33-27-25-31(29-38-33)39-28-22-20-18-16-14-12-10-8-6-4-2/h24-27,29H,3-23,28H2,1-2H3. The lowest BCUT2D eigenvalue weighted by Gasteiger charge is -2.10. The Kier molecular flexibility index (Phi) is 18.6. The molecule has 220 valence electrons. The fourth-order valence-electron chi connectivity index (χ4n) is 5.19. The quantitative estimate of drug-likeness (QED) is 0.123. The maximum absolute atomic E-state index is 14.9. The number of benzene rings is 1. The predicted octanol–water partition coefficient (Wildman–Crippen LogP) is 11.8. The van der Waals surface area contributed by atoms with Gasteiger partial charge in [-0.1, -0.05) is 135 Å². The van der Waals surface area contributed by atoms with Crippen LogP contribution < -0.4 is 4.74 Å². The van der Waals surface area contributed by atoms with Gasteiger partial charge in [-0.15, -0.1) is 0 Å². The van der Waals surface area contributed by atoms with E-state index in [4.69, 9.17) is 4.74 Å². The van der Waals surface area contributed by atoms with Gasteiger partial charge in [0.15, 0.2) is 11.6 Å². The Morgan fingerprint density at radius 1 is 0.564 bits per heavy atom. The minimum Gasteiger partial charge on any atom is -0.492 e. The summed E-state index contributed by atoms with van der Waals surface area (Å²) in [6.07, 6.45) is 27.4. The number of nitrogens with zero attached hydrogens (tertiary/aromatic N) is 1. The van der Waals surface area contributed by atoms with Crippen LogP contribution in [-0.4, -0.2) is 11.6 Å². The van der Waals surface area contributed by atoms with E-state index in [1.807, 2.05) is 0 Å². The van der Waals surface area contributed by atoms with E-state index in [-0.39, 0.29) is 5.56 Å². The molecule has 0 aliphatic heterocycles. The molecule has 0 atom stereocenters. The second-order valence-electron chi connectivity index (χ2n) is 11.2. The first-order valence-corrected chi connectivity index (χ1v) is 16.2. The molecule has 0 fully saturated rings. The molecule has 1 aromatic heterocycles. The predicted molar refractivity (Wildman–Crippen MR) is 162 cm³/mol. The highest BCUT2D eigenvalue weighted by atomic mass is 19.2. The lowest BCUT2D eigenvalue weighted by molar-refractivity contribution is 0.303. The van der Waals surface area contributed by atoms with Crippen molar-refractivity contribution in [1.82, 2.24) is 4.98 Å². The van der Waals surface area contributed by atoms with Gasteiger partial charge in [0, 0.05) is 5.56 Å². The van der Waals surface area contributed by atoms with Gasteiger partial charge >= 0.3 is 0 Å². The summed E-state index contributed by atoms with van der Waals surface area (Å²) >= 11 is 0. The Hall–Kier alpha value is -1.97. The Morgan fingerprint density at radius 2 is 1.08 bits per heavy atom. The number of rotatable bonds is 24. The van der Waals surface area contributed by atoms with E-state index in [1.54, 1.807) is 30.5 Å². The van der Waals surface area contributed by atoms with Crippen molar-refractivity contribution in [3.8, 4) is 17.0 Å². The van der Waals surface area contributed by atoms with Gasteiger partial charge < -0.3 is 4.74 Å².